The van der Waals surface area contributed by atoms with E-state index in [4.69, 9.17) is 0 Å². The normalized spacial score (nSPS) is 21.6. The van der Waals surface area contributed by atoms with Crippen molar-refractivity contribution in [1.29, 1.82) is 0 Å². The molecule has 0 aromatic heterocycles. The third-order valence-electron chi connectivity index (χ3n) is 4.73. The first-order chi connectivity index (χ1) is 13.5. The monoisotopic (exact) mass is 416 g/mol. The van der Waals surface area contributed by atoms with Crippen molar-refractivity contribution in [3.8, 4) is 0 Å². The zero-order valence-corrected chi connectivity index (χ0v) is 17.1. The smallest absolute Gasteiger partial charge is 0.326 e. The highest BCUT2D eigenvalue weighted by molar-refractivity contribution is 5.94. The van der Waals surface area contributed by atoms with Gasteiger partial charge < -0.3 is 36.6 Å². The van der Waals surface area contributed by atoms with Crippen molar-refractivity contribution in [2.75, 3.05) is 6.54 Å². The first-order valence-electron chi connectivity index (χ1n) is 9.69. The molecule has 6 unspecified atom stereocenters. The summed E-state index contributed by atoms with van der Waals surface area (Å²) in [5.41, 5.74) is 0. The van der Waals surface area contributed by atoms with Crippen LogP contribution in [0.15, 0.2) is 0 Å². The largest absolute Gasteiger partial charge is 0.480 e. The summed E-state index contributed by atoms with van der Waals surface area (Å²) in [4.78, 5) is 48.6. The average molecular weight is 416 g/mol. The van der Waals surface area contributed by atoms with Crippen molar-refractivity contribution in [1.82, 2.24) is 21.3 Å². The summed E-state index contributed by atoms with van der Waals surface area (Å²) >= 11 is 0. The Balaban J connectivity index is 2.85. The number of carboxylic acids is 1. The second kappa shape index (κ2) is 11.1. The molecule has 0 radical (unpaired) electrons. The van der Waals surface area contributed by atoms with E-state index in [1.165, 1.54) is 13.8 Å². The summed E-state index contributed by atoms with van der Waals surface area (Å²) in [5, 5.41) is 39.0. The fourth-order valence-electron chi connectivity index (χ4n) is 2.97. The molecule has 6 atom stereocenters. The highest BCUT2D eigenvalue weighted by Crippen LogP contribution is 2.07. The van der Waals surface area contributed by atoms with Crippen molar-refractivity contribution >= 4 is 23.7 Å². The Morgan fingerprint density at radius 2 is 1.34 bits per heavy atom. The van der Waals surface area contributed by atoms with Crippen LogP contribution in [0.3, 0.4) is 0 Å². The first kappa shape index (κ1) is 24.8. The average Bonchev–Trinajstić information content (AvgIpc) is 3.15. The molecule has 1 saturated heterocycles. The van der Waals surface area contributed by atoms with E-state index in [2.05, 4.69) is 21.3 Å². The number of carbonyl (C=O) groups excluding carboxylic acids is 3. The molecule has 0 aromatic carbocycles. The molecule has 11 heteroatoms. The molecule has 0 aromatic rings. The van der Waals surface area contributed by atoms with E-state index in [9.17, 15) is 34.5 Å². The van der Waals surface area contributed by atoms with Gasteiger partial charge in [-0.25, -0.2) is 4.79 Å². The summed E-state index contributed by atoms with van der Waals surface area (Å²) < 4.78 is 0. The number of amides is 3. The molecule has 1 aliphatic rings. The van der Waals surface area contributed by atoms with Crippen LogP contribution < -0.4 is 21.3 Å². The maximum absolute atomic E-state index is 12.6. The minimum atomic E-state index is -1.47. The molecular formula is C18H32N4O7. The van der Waals surface area contributed by atoms with Gasteiger partial charge in [0.25, 0.3) is 0 Å². The number of rotatable bonds is 10. The van der Waals surface area contributed by atoms with Gasteiger partial charge in [0, 0.05) is 0 Å². The van der Waals surface area contributed by atoms with Crippen molar-refractivity contribution in [2.45, 2.75) is 76.9 Å². The molecule has 166 valence electrons. The van der Waals surface area contributed by atoms with E-state index < -0.39 is 66.0 Å². The van der Waals surface area contributed by atoms with Crippen LogP contribution in [0.1, 0.15) is 40.5 Å². The molecule has 29 heavy (non-hydrogen) atoms. The lowest BCUT2D eigenvalue weighted by Crippen LogP contribution is -2.62. The van der Waals surface area contributed by atoms with Crippen LogP contribution in [0.25, 0.3) is 0 Å². The van der Waals surface area contributed by atoms with Gasteiger partial charge in [-0.05, 0) is 39.2 Å². The predicted octanol–water partition coefficient (Wildman–Crippen LogP) is -2.30. The van der Waals surface area contributed by atoms with Gasteiger partial charge in [0.2, 0.25) is 17.7 Å². The third-order valence-corrected chi connectivity index (χ3v) is 4.73. The zero-order valence-electron chi connectivity index (χ0n) is 17.1. The van der Waals surface area contributed by atoms with Crippen LogP contribution in [0.4, 0.5) is 0 Å². The lowest BCUT2D eigenvalue weighted by molar-refractivity contribution is -0.144. The second-order valence-corrected chi connectivity index (χ2v) is 7.67. The number of hydrogen-bond acceptors (Lipinski definition) is 7. The third kappa shape index (κ3) is 7.26. The summed E-state index contributed by atoms with van der Waals surface area (Å²) in [7, 11) is 0. The summed E-state index contributed by atoms with van der Waals surface area (Å²) in [6, 6.07) is -4.49. The highest BCUT2D eigenvalue weighted by atomic mass is 16.4. The SMILES string of the molecule is CC(C)C(NC(=O)C(NC(=O)C(NC(=O)C1CCCN1)C(C)O)C(C)O)C(=O)O. The lowest BCUT2D eigenvalue weighted by atomic mass is 10.0. The van der Waals surface area contributed by atoms with Crippen molar-refractivity contribution in [3.63, 3.8) is 0 Å². The Hall–Kier alpha value is -2.24. The maximum Gasteiger partial charge on any atom is 0.326 e. The molecule has 0 bridgehead atoms. The Morgan fingerprint density at radius 1 is 0.862 bits per heavy atom. The predicted molar refractivity (Wildman–Crippen MR) is 103 cm³/mol. The number of carboxylic acid groups (broad SMARTS) is 1. The van der Waals surface area contributed by atoms with E-state index in [0.29, 0.717) is 13.0 Å². The van der Waals surface area contributed by atoms with E-state index in [1.807, 2.05) is 0 Å². The van der Waals surface area contributed by atoms with Crippen molar-refractivity contribution in [3.05, 3.63) is 0 Å². The second-order valence-electron chi connectivity index (χ2n) is 7.67. The van der Waals surface area contributed by atoms with Gasteiger partial charge in [0.15, 0.2) is 0 Å². The van der Waals surface area contributed by atoms with Crippen LogP contribution in [0.2, 0.25) is 0 Å². The highest BCUT2D eigenvalue weighted by Gasteiger charge is 2.35. The molecular weight excluding hydrogens is 384 g/mol. The van der Waals surface area contributed by atoms with Crippen LogP contribution in [0, 0.1) is 5.92 Å². The quantitative estimate of drug-likeness (QED) is 0.208. The molecule has 7 N–H and O–H groups in total. The van der Waals surface area contributed by atoms with Crippen LogP contribution in [0.5, 0.6) is 0 Å². The minimum absolute atomic E-state index is 0.426. The molecule has 1 heterocycles. The summed E-state index contributed by atoms with van der Waals surface area (Å²) in [6.45, 7) is 6.45. The molecule has 0 saturated carbocycles. The number of hydrogen-bond donors (Lipinski definition) is 7. The van der Waals surface area contributed by atoms with Gasteiger partial charge in [-0.15, -0.1) is 0 Å². The van der Waals surface area contributed by atoms with E-state index in [-0.39, 0.29) is 0 Å². The molecule has 1 aliphatic heterocycles. The van der Waals surface area contributed by atoms with Crippen LogP contribution >= 0.6 is 0 Å². The van der Waals surface area contributed by atoms with Crippen molar-refractivity contribution in [2.24, 2.45) is 5.92 Å². The summed E-state index contributed by atoms with van der Waals surface area (Å²) in [5.74, 6) is -3.88. The van der Waals surface area contributed by atoms with Crippen LogP contribution in [-0.4, -0.2) is 81.9 Å². The first-order valence-corrected chi connectivity index (χ1v) is 9.69. The van der Waals surface area contributed by atoms with Gasteiger partial charge in [-0.2, -0.15) is 0 Å². The Kier molecular flexibility index (Phi) is 9.47. The fourth-order valence-corrected chi connectivity index (χ4v) is 2.97. The Labute approximate surface area is 169 Å². The fraction of sp³-hybridized carbons (Fsp3) is 0.778. The summed E-state index contributed by atoms with van der Waals surface area (Å²) in [6.07, 6.45) is -1.19. The number of aliphatic carboxylic acids is 1. The Morgan fingerprint density at radius 3 is 1.72 bits per heavy atom. The minimum Gasteiger partial charge on any atom is -0.480 e. The van der Waals surface area contributed by atoms with E-state index in [1.54, 1.807) is 13.8 Å². The zero-order chi connectivity index (χ0) is 22.3. The van der Waals surface area contributed by atoms with Gasteiger partial charge >= 0.3 is 5.97 Å². The molecule has 3 amide bonds. The van der Waals surface area contributed by atoms with Crippen molar-refractivity contribution < 1.29 is 34.5 Å². The molecule has 1 rings (SSSR count). The Bertz CT molecular complexity index is 603. The number of nitrogens with one attached hydrogen (secondary N) is 4. The van der Waals surface area contributed by atoms with Gasteiger partial charge in [0.1, 0.15) is 18.1 Å². The molecule has 11 nitrogen and oxygen atoms in total. The van der Waals surface area contributed by atoms with Gasteiger partial charge in [-0.1, -0.05) is 13.8 Å². The number of aliphatic hydroxyl groups is 2. The number of carbonyl (C=O) groups is 4. The topological polar surface area (TPSA) is 177 Å². The molecule has 0 aliphatic carbocycles. The van der Waals surface area contributed by atoms with E-state index in [0.717, 1.165) is 6.42 Å². The molecule has 0 spiro atoms. The van der Waals surface area contributed by atoms with E-state index >= 15 is 0 Å². The van der Waals surface area contributed by atoms with Gasteiger partial charge in [-0.3, -0.25) is 14.4 Å². The van der Waals surface area contributed by atoms with Crippen LogP contribution in [-0.2, 0) is 19.2 Å². The molecule has 1 fully saturated rings. The lowest BCUT2D eigenvalue weighted by Gasteiger charge is -2.28. The van der Waals surface area contributed by atoms with Gasteiger partial charge in [0.05, 0.1) is 18.2 Å². The maximum atomic E-state index is 12.6. The standard InChI is InChI=1S/C18H32N4O7/c1-8(2)12(18(28)29)20-16(26)14(10(4)24)22-17(27)13(9(3)23)21-15(25)11-6-5-7-19-11/h8-14,19,23-24H,5-7H2,1-4H3,(H,20,26)(H,21,25)(H,22,27)(H,28,29). The number of aliphatic hydroxyl groups excluding tert-OH is 2.